The van der Waals surface area contributed by atoms with E-state index in [0.717, 1.165) is 0 Å². The maximum absolute atomic E-state index is 2.00. The fourth-order valence-electron chi connectivity index (χ4n) is 0. The third kappa shape index (κ3) is 143. The third-order valence-corrected chi connectivity index (χ3v) is 0. The fourth-order valence-corrected chi connectivity index (χ4v) is 0. The summed E-state index contributed by atoms with van der Waals surface area (Å²) < 4.78 is 0. The van der Waals surface area contributed by atoms with Crippen molar-refractivity contribution in [2.45, 2.75) is 13.8 Å². The van der Waals surface area contributed by atoms with Crippen LogP contribution in [-0.4, -0.2) is 0 Å². The van der Waals surface area contributed by atoms with E-state index in [9.17, 15) is 0 Å². The van der Waals surface area contributed by atoms with Crippen LogP contribution in [0, 0.1) is 6.42 Å². The van der Waals surface area contributed by atoms with Crippen molar-refractivity contribution in [2.75, 3.05) is 0 Å². The van der Waals surface area contributed by atoms with Crippen molar-refractivity contribution < 1.29 is 33.3 Å². The predicted molar refractivity (Wildman–Crippen MR) is 17.0 cm³/mol. The zero-order valence-electron chi connectivity index (χ0n) is 3.84. The van der Waals surface area contributed by atoms with Crippen LogP contribution in [0.1, 0.15) is 13.8 Å². The molecule has 0 spiro atoms. The normalized spacial score (nSPS) is 3.00. The van der Waals surface area contributed by atoms with Gasteiger partial charge in [0, 0.05) is 0 Å². The van der Waals surface area contributed by atoms with Crippen LogP contribution in [-0.2, 0) is 33.3 Å². The van der Waals surface area contributed by atoms with Gasteiger partial charge in [-0.05, 0) is 0 Å². The van der Waals surface area contributed by atoms with Gasteiger partial charge in [-0.15, -0.1) is 0 Å². The van der Waals surface area contributed by atoms with Gasteiger partial charge in [-0.3, -0.25) is 0 Å². The molecule has 3 heteroatoms. The van der Waals surface area contributed by atoms with Crippen LogP contribution in [0.3, 0.4) is 0 Å². The Morgan fingerprint density at radius 1 is 1.00 bits per heavy atom. The van der Waals surface area contributed by atoms with Crippen LogP contribution in [0.15, 0.2) is 0 Å². The van der Waals surface area contributed by atoms with Gasteiger partial charge in [0.05, 0.1) is 0 Å². The molecule has 0 N–H and O–H groups in total. The second-order valence-electron chi connectivity index (χ2n) is 0.577. The first-order chi connectivity index (χ1) is 1.41. The molecular formula is C3H7NbO2. The van der Waals surface area contributed by atoms with E-state index in [1.165, 1.54) is 0 Å². The van der Waals surface area contributed by atoms with E-state index in [-0.39, 0.29) is 33.3 Å². The van der Waals surface area contributed by atoms with Crippen LogP contribution < -0.4 is 0 Å². The molecule has 0 aliphatic carbocycles. The Morgan fingerprint density at radius 3 is 1.00 bits per heavy atom. The molecule has 0 aromatic heterocycles. The Hall–Kier alpha value is 0.660. The van der Waals surface area contributed by atoms with Gasteiger partial charge in [-0.2, -0.15) is 13.8 Å². The molecule has 36 valence electrons. The van der Waals surface area contributed by atoms with Gasteiger partial charge in [0.1, 0.15) is 0 Å². The van der Waals surface area contributed by atoms with E-state index in [0.29, 0.717) is 0 Å². The molecule has 0 rings (SSSR count). The van der Waals surface area contributed by atoms with Crippen LogP contribution in [0.25, 0.3) is 0 Å². The molecule has 0 saturated carbocycles. The van der Waals surface area contributed by atoms with E-state index in [4.69, 9.17) is 0 Å². The molecular weight excluding hydrogens is 161 g/mol. The molecule has 0 fully saturated rings. The molecule has 0 heterocycles. The monoisotopic (exact) mass is 168 g/mol. The predicted octanol–water partition coefficient (Wildman–Crippen LogP) is 0.990. The van der Waals surface area contributed by atoms with Gasteiger partial charge in [0.15, 0.2) is 0 Å². The topological polar surface area (TPSA) is 57.0 Å². The molecule has 0 unspecified atom stereocenters. The third-order valence-electron chi connectivity index (χ3n) is 0. The van der Waals surface area contributed by atoms with Crippen molar-refractivity contribution in [3.8, 4) is 0 Å². The van der Waals surface area contributed by atoms with Crippen molar-refractivity contribution in [3.63, 3.8) is 0 Å². The van der Waals surface area contributed by atoms with Crippen LogP contribution in [0.4, 0.5) is 0 Å². The van der Waals surface area contributed by atoms with Crippen molar-refractivity contribution in [2.24, 2.45) is 0 Å². The Balaban J connectivity index is -0.00000000667. The number of hydrogen-bond acceptors (Lipinski definition) is 0. The first-order valence-corrected chi connectivity index (χ1v) is 1.15. The van der Waals surface area contributed by atoms with Gasteiger partial charge in [0.2, 0.25) is 0 Å². The molecule has 0 amide bonds. The minimum atomic E-state index is 0. The maximum Gasteiger partial charge on any atom is 5.00 e. The summed E-state index contributed by atoms with van der Waals surface area (Å²) in [5.74, 6) is 0. The van der Waals surface area contributed by atoms with Gasteiger partial charge in [-0.1, -0.05) is 0 Å². The summed E-state index contributed by atoms with van der Waals surface area (Å²) in [5, 5.41) is 0. The average molecular weight is 168 g/mol. The van der Waals surface area contributed by atoms with Crippen molar-refractivity contribution in [1.82, 2.24) is 0 Å². The van der Waals surface area contributed by atoms with Crippen molar-refractivity contribution >= 4 is 0 Å². The summed E-state index contributed by atoms with van der Waals surface area (Å²) in [4.78, 5) is 0. The first kappa shape index (κ1) is 30.2. The summed E-state index contributed by atoms with van der Waals surface area (Å²) in [6, 6.07) is 0. The molecule has 2 nitrogen and oxygen atoms in total. The second kappa shape index (κ2) is 44.6. The standard InChI is InChI=1S/C3H7.Nb.2O/c1-3-2;;;/h3H,1-2H3;;;/q-1;+5;2*-2. The molecule has 0 aliphatic rings. The molecule has 0 radical (unpaired) electrons. The first-order valence-electron chi connectivity index (χ1n) is 1.15. The molecule has 0 atom stereocenters. The quantitative estimate of drug-likeness (QED) is 0.382. The smallest absolute Gasteiger partial charge is 2.00 e. The van der Waals surface area contributed by atoms with E-state index in [1.54, 1.807) is 0 Å². The number of rotatable bonds is 0. The second-order valence-corrected chi connectivity index (χ2v) is 0.577. The maximum atomic E-state index is 2.00. The largest absolute Gasteiger partial charge is 5.00 e. The van der Waals surface area contributed by atoms with E-state index >= 15 is 0 Å². The molecule has 0 bridgehead atoms. The van der Waals surface area contributed by atoms with Crippen LogP contribution in [0.2, 0.25) is 0 Å². The SMILES string of the molecule is C[CH-]C.[Nb+5].[O-2].[O-2]. The van der Waals surface area contributed by atoms with Gasteiger partial charge >= 0.3 is 22.4 Å². The Bertz CT molecular complexity index is 8.75. The Morgan fingerprint density at radius 2 is 1.00 bits per heavy atom. The summed E-state index contributed by atoms with van der Waals surface area (Å²) in [6.45, 7) is 4.00. The van der Waals surface area contributed by atoms with Crippen LogP contribution >= 0.6 is 0 Å². The minimum Gasteiger partial charge on any atom is -2.00 e. The van der Waals surface area contributed by atoms with Crippen molar-refractivity contribution in [3.05, 3.63) is 6.42 Å². The molecule has 0 aliphatic heterocycles. The van der Waals surface area contributed by atoms with Gasteiger partial charge < -0.3 is 17.4 Å². The van der Waals surface area contributed by atoms with E-state index < -0.39 is 0 Å². The summed E-state index contributed by atoms with van der Waals surface area (Å²) in [7, 11) is 0. The average Bonchev–Trinajstić information content (AvgIpc) is 0.918. The summed E-state index contributed by atoms with van der Waals surface area (Å²) in [6.07, 6.45) is 2.00. The van der Waals surface area contributed by atoms with Crippen LogP contribution in [0.5, 0.6) is 0 Å². The van der Waals surface area contributed by atoms with Crippen molar-refractivity contribution in [1.29, 1.82) is 0 Å². The molecule has 0 saturated heterocycles. The summed E-state index contributed by atoms with van der Waals surface area (Å²) in [5.41, 5.74) is 0. The van der Waals surface area contributed by atoms with Gasteiger partial charge in [-0.25, -0.2) is 0 Å². The van der Waals surface area contributed by atoms with E-state index in [2.05, 4.69) is 0 Å². The Labute approximate surface area is 54.1 Å². The molecule has 0 aromatic rings. The van der Waals surface area contributed by atoms with E-state index in [1.807, 2.05) is 20.3 Å². The van der Waals surface area contributed by atoms with Gasteiger partial charge in [0.25, 0.3) is 0 Å². The summed E-state index contributed by atoms with van der Waals surface area (Å²) >= 11 is 0. The zero-order valence-corrected chi connectivity index (χ0v) is 6.04. The minimum absolute atomic E-state index is 0. The molecule has 0 aromatic carbocycles. The molecule has 6 heavy (non-hydrogen) atoms. The Kier molecular flexibility index (Phi) is 224. The number of hydrogen-bond donors (Lipinski definition) is 0. The zero-order chi connectivity index (χ0) is 2.71. The fraction of sp³-hybridized carbons (Fsp3) is 0.667.